The van der Waals surface area contributed by atoms with Crippen LogP contribution >= 0.6 is 0 Å². The molecule has 0 saturated carbocycles. The van der Waals surface area contributed by atoms with Crippen LogP contribution in [0.4, 0.5) is 0 Å². The van der Waals surface area contributed by atoms with Gasteiger partial charge in [-0.15, -0.1) is 5.92 Å². The molecule has 1 N–H and O–H groups in total. The summed E-state index contributed by atoms with van der Waals surface area (Å²) in [5, 5.41) is 0. The Morgan fingerprint density at radius 2 is 1.83 bits per heavy atom. The van der Waals surface area contributed by atoms with E-state index in [9.17, 15) is 13.2 Å². The summed E-state index contributed by atoms with van der Waals surface area (Å²) in [4.78, 5) is 11.7. The predicted molar refractivity (Wildman–Crippen MR) is 91.0 cm³/mol. The zero-order chi connectivity index (χ0) is 18.2. The quantitative estimate of drug-likeness (QED) is 0.600. The second kappa shape index (κ2) is 8.71. The topological polar surface area (TPSA) is 81.7 Å². The Balaban J connectivity index is 2.55. The minimum absolute atomic E-state index is 0.0262. The van der Waals surface area contributed by atoms with E-state index in [1.54, 1.807) is 39.8 Å². The number of carbonyl (C=O) groups excluding carboxylic acids is 1. The predicted octanol–water partition coefficient (Wildman–Crippen LogP) is 2.10. The van der Waals surface area contributed by atoms with Gasteiger partial charge in [0, 0.05) is 6.54 Å². The van der Waals surface area contributed by atoms with E-state index in [2.05, 4.69) is 16.6 Å². The summed E-state index contributed by atoms with van der Waals surface area (Å²) in [6, 6.07) is 5.98. The Hall–Kier alpha value is -2.04. The van der Waals surface area contributed by atoms with Crippen molar-refractivity contribution in [2.24, 2.45) is 0 Å². The molecule has 1 rings (SSSR count). The van der Waals surface area contributed by atoms with Crippen LogP contribution in [0.15, 0.2) is 29.2 Å². The number of esters is 1. The summed E-state index contributed by atoms with van der Waals surface area (Å²) in [7, 11) is -3.68. The van der Waals surface area contributed by atoms with Crippen LogP contribution in [0.1, 0.15) is 34.1 Å². The van der Waals surface area contributed by atoms with Crippen LogP contribution < -0.4 is 9.46 Å². The monoisotopic (exact) mass is 353 g/mol. The smallest absolute Gasteiger partial charge is 0.307 e. The van der Waals surface area contributed by atoms with Crippen LogP contribution in [0.5, 0.6) is 5.75 Å². The average Bonchev–Trinajstić information content (AvgIpc) is 2.46. The molecule has 0 aliphatic carbocycles. The summed E-state index contributed by atoms with van der Waals surface area (Å²) in [6.07, 6.45) is -0.0343. The molecule has 24 heavy (non-hydrogen) atoms. The molecule has 0 atom stereocenters. The third kappa shape index (κ3) is 7.49. The molecule has 0 amide bonds. The molecular formula is C17H23NO5S. The maximum absolute atomic E-state index is 12.1. The second-order valence-corrected chi connectivity index (χ2v) is 7.69. The third-order valence-corrected chi connectivity index (χ3v) is 4.14. The SMILES string of the molecule is CC#CCOc1ccc(S(=O)(=O)NCCC(=O)OC(C)(C)C)cc1. The summed E-state index contributed by atoms with van der Waals surface area (Å²) in [5.41, 5.74) is -0.589. The fraction of sp³-hybridized carbons (Fsp3) is 0.471. The van der Waals surface area contributed by atoms with Crippen LogP contribution in [-0.4, -0.2) is 33.1 Å². The second-order valence-electron chi connectivity index (χ2n) is 5.92. The fourth-order valence-corrected chi connectivity index (χ4v) is 2.70. The molecule has 1 aromatic rings. The van der Waals surface area contributed by atoms with Gasteiger partial charge in [-0.25, -0.2) is 13.1 Å². The Labute approximate surface area is 143 Å². The van der Waals surface area contributed by atoms with Crippen LogP contribution in [0, 0.1) is 11.8 Å². The van der Waals surface area contributed by atoms with E-state index in [4.69, 9.17) is 9.47 Å². The zero-order valence-electron chi connectivity index (χ0n) is 14.4. The van der Waals surface area contributed by atoms with Crippen LogP contribution in [-0.2, 0) is 19.6 Å². The van der Waals surface area contributed by atoms with E-state index in [0.29, 0.717) is 5.75 Å². The first-order valence-corrected chi connectivity index (χ1v) is 8.96. The molecule has 0 unspecified atom stereocenters. The Morgan fingerprint density at radius 1 is 1.21 bits per heavy atom. The van der Waals surface area contributed by atoms with Gasteiger partial charge in [0.05, 0.1) is 11.3 Å². The van der Waals surface area contributed by atoms with E-state index in [1.807, 2.05) is 0 Å². The maximum Gasteiger partial charge on any atom is 0.307 e. The Bertz CT molecular complexity index is 706. The summed E-state index contributed by atoms with van der Waals surface area (Å²) < 4.78 is 37.1. The van der Waals surface area contributed by atoms with Gasteiger partial charge in [-0.05, 0) is 52.0 Å². The van der Waals surface area contributed by atoms with Gasteiger partial charge in [0.1, 0.15) is 18.0 Å². The van der Waals surface area contributed by atoms with Crippen molar-refractivity contribution in [1.29, 1.82) is 0 Å². The van der Waals surface area contributed by atoms with Crippen molar-refractivity contribution in [2.45, 2.75) is 44.6 Å². The van der Waals surface area contributed by atoms with Crippen LogP contribution in [0.3, 0.4) is 0 Å². The number of hydrogen-bond donors (Lipinski definition) is 1. The molecule has 0 heterocycles. The lowest BCUT2D eigenvalue weighted by Crippen LogP contribution is -2.29. The molecule has 0 bridgehead atoms. The Kier molecular flexibility index (Phi) is 7.26. The highest BCUT2D eigenvalue weighted by atomic mass is 32.2. The van der Waals surface area contributed by atoms with E-state index >= 15 is 0 Å². The lowest BCUT2D eigenvalue weighted by molar-refractivity contribution is -0.154. The number of benzene rings is 1. The number of nitrogens with one attached hydrogen (secondary N) is 1. The number of rotatable bonds is 7. The van der Waals surface area contributed by atoms with Crippen LogP contribution in [0.2, 0.25) is 0 Å². The zero-order valence-corrected chi connectivity index (χ0v) is 15.2. The molecule has 7 heteroatoms. The summed E-state index contributed by atoms with van der Waals surface area (Å²) >= 11 is 0. The van der Waals surface area contributed by atoms with Gasteiger partial charge in [0.25, 0.3) is 0 Å². The van der Waals surface area contributed by atoms with Gasteiger partial charge < -0.3 is 9.47 Å². The van der Waals surface area contributed by atoms with Crippen molar-refractivity contribution in [2.75, 3.05) is 13.2 Å². The van der Waals surface area contributed by atoms with Crippen molar-refractivity contribution in [3.8, 4) is 17.6 Å². The van der Waals surface area contributed by atoms with Crippen molar-refractivity contribution in [3.05, 3.63) is 24.3 Å². The van der Waals surface area contributed by atoms with E-state index < -0.39 is 21.6 Å². The molecule has 0 spiro atoms. The summed E-state index contributed by atoms with van der Waals surface area (Å²) in [6.45, 7) is 7.20. The average molecular weight is 353 g/mol. The normalized spacial score (nSPS) is 11.3. The minimum Gasteiger partial charge on any atom is -0.481 e. The van der Waals surface area contributed by atoms with Gasteiger partial charge >= 0.3 is 5.97 Å². The maximum atomic E-state index is 12.1. The Morgan fingerprint density at radius 3 is 2.38 bits per heavy atom. The van der Waals surface area contributed by atoms with Crippen molar-refractivity contribution < 1.29 is 22.7 Å². The fourth-order valence-electron chi connectivity index (χ4n) is 1.67. The van der Waals surface area contributed by atoms with Gasteiger partial charge in [-0.1, -0.05) is 5.92 Å². The first-order valence-electron chi connectivity index (χ1n) is 7.48. The first kappa shape index (κ1) is 20.0. The number of sulfonamides is 1. The molecule has 0 radical (unpaired) electrons. The highest BCUT2D eigenvalue weighted by Crippen LogP contribution is 2.16. The van der Waals surface area contributed by atoms with Gasteiger partial charge in [-0.2, -0.15) is 0 Å². The molecule has 0 aliphatic rings. The van der Waals surface area contributed by atoms with Crippen LogP contribution in [0.25, 0.3) is 0 Å². The highest BCUT2D eigenvalue weighted by molar-refractivity contribution is 7.89. The lowest BCUT2D eigenvalue weighted by Gasteiger charge is -2.19. The number of carbonyl (C=O) groups is 1. The van der Waals surface area contributed by atoms with E-state index in [1.165, 1.54) is 12.1 Å². The molecule has 0 aliphatic heterocycles. The van der Waals surface area contributed by atoms with E-state index in [0.717, 1.165) is 0 Å². The van der Waals surface area contributed by atoms with Crippen molar-refractivity contribution >= 4 is 16.0 Å². The largest absolute Gasteiger partial charge is 0.481 e. The molecule has 0 fully saturated rings. The van der Waals surface area contributed by atoms with Gasteiger partial charge in [0.15, 0.2) is 0 Å². The molecule has 1 aromatic carbocycles. The van der Waals surface area contributed by atoms with Crippen molar-refractivity contribution in [1.82, 2.24) is 4.72 Å². The standard InChI is InChI=1S/C17H23NO5S/c1-5-6-13-22-14-7-9-15(10-8-14)24(20,21)18-12-11-16(19)23-17(2,3)4/h7-10,18H,11-13H2,1-4H3. The highest BCUT2D eigenvalue weighted by Gasteiger charge is 2.18. The van der Waals surface area contributed by atoms with Crippen molar-refractivity contribution in [3.63, 3.8) is 0 Å². The molecule has 0 aromatic heterocycles. The number of ether oxygens (including phenoxy) is 2. The lowest BCUT2D eigenvalue weighted by atomic mass is 10.2. The number of hydrogen-bond acceptors (Lipinski definition) is 5. The molecular weight excluding hydrogens is 330 g/mol. The first-order chi connectivity index (χ1) is 11.1. The minimum atomic E-state index is -3.68. The molecule has 132 valence electrons. The third-order valence-electron chi connectivity index (χ3n) is 2.66. The van der Waals surface area contributed by atoms with E-state index in [-0.39, 0.29) is 24.5 Å². The molecule has 6 nitrogen and oxygen atoms in total. The summed E-state index contributed by atoms with van der Waals surface area (Å²) in [5.74, 6) is 5.53. The van der Waals surface area contributed by atoms with Gasteiger partial charge in [-0.3, -0.25) is 4.79 Å². The van der Waals surface area contributed by atoms with Gasteiger partial charge in [0.2, 0.25) is 10.0 Å². The molecule has 0 saturated heterocycles.